The van der Waals surface area contributed by atoms with Gasteiger partial charge in [-0.25, -0.2) is 0 Å². The summed E-state index contributed by atoms with van der Waals surface area (Å²) in [4.78, 5) is 14.3. The van der Waals surface area contributed by atoms with Crippen molar-refractivity contribution < 1.29 is 14.6 Å². The summed E-state index contributed by atoms with van der Waals surface area (Å²) in [6.45, 7) is 0.570. The molecule has 1 aliphatic heterocycles. The van der Waals surface area contributed by atoms with Gasteiger partial charge in [-0.2, -0.15) is 0 Å². The second-order valence-corrected chi connectivity index (χ2v) is 2.10. The lowest BCUT2D eigenvalue weighted by Gasteiger charge is -2.04. The molecule has 0 aromatic carbocycles. The summed E-state index contributed by atoms with van der Waals surface area (Å²) in [5.74, 6) is -1.00. The second-order valence-electron chi connectivity index (χ2n) is 2.10. The highest BCUT2D eigenvalue weighted by Crippen LogP contribution is 2.14. The molecule has 0 radical (unpaired) electrons. The zero-order valence-corrected chi connectivity index (χ0v) is 5.70. The SMILES string of the molecule is COC1=NCCC1C(=O)O. The third-order valence-electron chi connectivity index (χ3n) is 1.49. The molecule has 1 heterocycles. The van der Waals surface area contributed by atoms with Gasteiger partial charge in [0.1, 0.15) is 5.92 Å². The predicted octanol–water partition coefficient (Wildman–Crippen LogP) is 0.136. The van der Waals surface area contributed by atoms with Crippen LogP contribution in [0.3, 0.4) is 0 Å². The summed E-state index contributed by atoms with van der Waals surface area (Å²) in [7, 11) is 1.44. The summed E-state index contributed by atoms with van der Waals surface area (Å²) < 4.78 is 4.75. The topological polar surface area (TPSA) is 58.9 Å². The molecule has 1 aliphatic rings. The normalized spacial score (nSPS) is 24.1. The molecule has 0 spiro atoms. The van der Waals surface area contributed by atoms with Gasteiger partial charge in [-0.05, 0) is 6.42 Å². The molecule has 1 atom stereocenters. The quantitative estimate of drug-likeness (QED) is 0.567. The van der Waals surface area contributed by atoms with Crippen LogP contribution in [0.25, 0.3) is 0 Å². The van der Waals surface area contributed by atoms with Crippen molar-refractivity contribution in [3.8, 4) is 0 Å². The van der Waals surface area contributed by atoms with Gasteiger partial charge in [0.2, 0.25) is 0 Å². The average Bonchev–Trinajstić information content (AvgIpc) is 2.33. The molecule has 1 unspecified atom stereocenters. The lowest BCUT2D eigenvalue weighted by molar-refractivity contribution is -0.139. The first kappa shape index (κ1) is 7.05. The van der Waals surface area contributed by atoms with Gasteiger partial charge in [-0.15, -0.1) is 0 Å². The molecular weight excluding hydrogens is 134 g/mol. The van der Waals surface area contributed by atoms with E-state index >= 15 is 0 Å². The zero-order chi connectivity index (χ0) is 7.56. The molecule has 0 bridgehead atoms. The molecule has 4 nitrogen and oxygen atoms in total. The van der Waals surface area contributed by atoms with Crippen molar-refractivity contribution in [1.29, 1.82) is 0 Å². The number of hydrogen-bond acceptors (Lipinski definition) is 3. The van der Waals surface area contributed by atoms with Crippen LogP contribution in [0, 0.1) is 5.92 Å². The molecule has 0 aromatic rings. The maximum absolute atomic E-state index is 10.4. The van der Waals surface area contributed by atoms with Crippen LogP contribution in [0.5, 0.6) is 0 Å². The Labute approximate surface area is 58.5 Å². The number of aliphatic imine (C=N–C) groups is 1. The number of rotatable bonds is 1. The Morgan fingerprint density at radius 2 is 2.60 bits per heavy atom. The Morgan fingerprint density at radius 1 is 1.90 bits per heavy atom. The summed E-state index contributed by atoms with van der Waals surface area (Å²) in [6, 6.07) is 0. The Kier molecular flexibility index (Phi) is 1.89. The largest absolute Gasteiger partial charge is 0.484 e. The van der Waals surface area contributed by atoms with Gasteiger partial charge >= 0.3 is 5.97 Å². The molecule has 1 rings (SSSR count). The number of aliphatic carboxylic acids is 1. The van der Waals surface area contributed by atoms with Crippen molar-refractivity contribution in [2.45, 2.75) is 6.42 Å². The number of carboxylic acid groups (broad SMARTS) is 1. The first-order valence-corrected chi connectivity index (χ1v) is 3.07. The molecule has 0 saturated carbocycles. The van der Waals surface area contributed by atoms with Crippen LogP contribution in [-0.4, -0.2) is 30.6 Å². The Morgan fingerprint density at radius 3 is 3.00 bits per heavy atom. The van der Waals surface area contributed by atoms with Crippen LogP contribution in [0.4, 0.5) is 0 Å². The van der Waals surface area contributed by atoms with E-state index in [-0.39, 0.29) is 0 Å². The molecule has 56 valence electrons. The van der Waals surface area contributed by atoms with Gasteiger partial charge in [0.15, 0.2) is 5.90 Å². The molecule has 1 N–H and O–H groups in total. The summed E-state index contributed by atoms with van der Waals surface area (Å²) in [5.41, 5.74) is 0. The highest BCUT2D eigenvalue weighted by atomic mass is 16.5. The van der Waals surface area contributed by atoms with Crippen LogP contribution in [-0.2, 0) is 9.53 Å². The summed E-state index contributed by atoms with van der Waals surface area (Å²) in [5, 5.41) is 8.55. The summed E-state index contributed by atoms with van der Waals surface area (Å²) >= 11 is 0. The molecule has 0 aliphatic carbocycles. The fraction of sp³-hybridized carbons (Fsp3) is 0.667. The monoisotopic (exact) mass is 143 g/mol. The van der Waals surface area contributed by atoms with Crippen LogP contribution < -0.4 is 0 Å². The number of carbonyl (C=O) groups is 1. The van der Waals surface area contributed by atoms with E-state index in [1.807, 2.05) is 0 Å². The van der Waals surface area contributed by atoms with E-state index in [0.29, 0.717) is 18.9 Å². The van der Waals surface area contributed by atoms with Crippen molar-refractivity contribution in [3.05, 3.63) is 0 Å². The van der Waals surface area contributed by atoms with Crippen LogP contribution in [0.2, 0.25) is 0 Å². The molecule has 10 heavy (non-hydrogen) atoms. The minimum absolute atomic E-state index is 0.354. The average molecular weight is 143 g/mol. The molecule has 0 aromatic heterocycles. The first-order valence-electron chi connectivity index (χ1n) is 3.07. The van der Waals surface area contributed by atoms with Crippen LogP contribution in [0.15, 0.2) is 4.99 Å². The number of hydrogen-bond donors (Lipinski definition) is 1. The third-order valence-corrected chi connectivity index (χ3v) is 1.49. The zero-order valence-electron chi connectivity index (χ0n) is 5.70. The molecule has 0 fully saturated rings. The van der Waals surface area contributed by atoms with Crippen LogP contribution in [0.1, 0.15) is 6.42 Å². The van der Waals surface area contributed by atoms with Gasteiger partial charge in [0.25, 0.3) is 0 Å². The minimum atomic E-state index is -0.849. The van der Waals surface area contributed by atoms with E-state index in [0.717, 1.165) is 0 Å². The number of methoxy groups -OCH3 is 1. The third kappa shape index (κ3) is 1.10. The van der Waals surface area contributed by atoms with Crippen molar-refractivity contribution >= 4 is 11.9 Å². The standard InChI is InChI=1S/C6H9NO3/c1-10-5-4(6(8)9)2-3-7-5/h4H,2-3H2,1H3,(H,8,9). The highest BCUT2D eigenvalue weighted by molar-refractivity contribution is 5.98. The van der Waals surface area contributed by atoms with Crippen molar-refractivity contribution in [1.82, 2.24) is 0 Å². The van der Waals surface area contributed by atoms with E-state index in [9.17, 15) is 4.79 Å². The second kappa shape index (κ2) is 2.68. The molecule has 0 amide bonds. The maximum Gasteiger partial charge on any atom is 0.315 e. The summed E-state index contributed by atoms with van der Waals surface area (Å²) in [6.07, 6.45) is 0.568. The number of ether oxygens (including phenoxy) is 1. The minimum Gasteiger partial charge on any atom is -0.484 e. The lowest BCUT2D eigenvalue weighted by atomic mass is 10.1. The van der Waals surface area contributed by atoms with E-state index in [4.69, 9.17) is 9.84 Å². The van der Waals surface area contributed by atoms with Crippen LogP contribution >= 0.6 is 0 Å². The first-order chi connectivity index (χ1) is 4.75. The Hall–Kier alpha value is -1.06. The maximum atomic E-state index is 10.4. The fourth-order valence-corrected chi connectivity index (χ4v) is 0.973. The Bertz CT molecular complexity index is 176. The van der Waals surface area contributed by atoms with Crippen molar-refractivity contribution in [2.75, 3.05) is 13.7 Å². The van der Waals surface area contributed by atoms with Crippen molar-refractivity contribution in [2.24, 2.45) is 10.9 Å². The molecular formula is C6H9NO3. The predicted molar refractivity (Wildman–Crippen MR) is 35.1 cm³/mol. The van der Waals surface area contributed by atoms with Crippen molar-refractivity contribution in [3.63, 3.8) is 0 Å². The molecule has 0 saturated heterocycles. The van der Waals surface area contributed by atoms with E-state index < -0.39 is 11.9 Å². The van der Waals surface area contributed by atoms with Gasteiger partial charge in [0, 0.05) is 6.54 Å². The fourth-order valence-electron chi connectivity index (χ4n) is 0.973. The molecule has 4 heteroatoms. The van der Waals surface area contributed by atoms with Gasteiger partial charge in [-0.1, -0.05) is 0 Å². The van der Waals surface area contributed by atoms with Gasteiger partial charge in [0.05, 0.1) is 7.11 Å². The van der Waals surface area contributed by atoms with E-state index in [2.05, 4.69) is 4.99 Å². The van der Waals surface area contributed by atoms with Gasteiger partial charge in [-0.3, -0.25) is 9.79 Å². The van der Waals surface area contributed by atoms with E-state index in [1.165, 1.54) is 7.11 Å². The highest BCUT2D eigenvalue weighted by Gasteiger charge is 2.28. The van der Waals surface area contributed by atoms with Gasteiger partial charge < -0.3 is 9.84 Å². The lowest BCUT2D eigenvalue weighted by Crippen LogP contribution is -2.21. The number of nitrogens with zero attached hydrogens (tertiary/aromatic N) is 1. The number of carboxylic acids is 1. The Balaban J connectivity index is 2.63. The van der Waals surface area contributed by atoms with E-state index in [1.54, 1.807) is 0 Å². The smallest absolute Gasteiger partial charge is 0.315 e.